The van der Waals surface area contributed by atoms with Crippen molar-refractivity contribution in [2.45, 2.75) is 44.8 Å². The maximum absolute atomic E-state index is 12.6. The third-order valence-electron chi connectivity index (χ3n) is 5.17. The van der Waals surface area contributed by atoms with Gasteiger partial charge in [0.25, 0.3) is 0 Å². The number of nitrogens with zero attached hydrogens (tertiary/aromatic N) is 3. The molecule has 0 radical (unpaired) electrons. The van der Waals surface area contributed by atoms with Gasteiger partial charge in [0.1, 0.15) is 12.6 Å². The summed E-state index contributed by atoms with van der Waals surface area (Å²) in [6, 6.07) is 19.8. The van der Waals surface area contributed by atoms with Gasteiger partial charge in [-0.3, -0.25) is 4.90 Å². The van der Waals surface area contributed by atoms with Crippen molar-refractivity contribution in [2.24, 2.45) is 0 Å². The number of aromatic nitrogens is 2. The van der Waals surface area contributed by atoms with Crippen molar-refractivity contribution in [1.82, 2.24) is 15.0 Å². The minimum absolute atomic E-state index is 0.200. The van der Waals surface area contributed by atoms with E-state index < -0.39 is 0 Å². The minimum atomic E-state index is -0.333. The van der Waals surface area contributed by atoms with E-state index in [2.05, 4.69) is 22.3 Å². The SMILES string of the molecule is O=C(OCc1ccccc1)N1CCCC1c1nc(CCCc2ccccc2)no1. The third kappa shape index (κ3) is 5.02. The van der Waals surface area contributed by atoms with Crippen LogP contribution in [-0.4, -0.2) is 27.7 Å². The Kier molecular flexibility index (Phi) is 6.19. The van der Waals surface area contributed by atoms with Crippen molar-refractivity contribution in [3.05, 3.63) is 83.5 Å². The standard InChI is InChI=1S/C23H25N3O3/c27-23(28-17-19-11-5-2-6-12-19)26-16-8-14-20(26)22-24-21(25-29-22)15-7-13-18-9-3-1-4-10-18/h1-6,9-12,20H,7-8,13-17H2. The van der Waals surface area contributed by atoms with Crippen molar-refractivity contribution in [2.75, 3.05) is 6.54 Å². The van der Waals surface area contributed by atoms with Crippen LogP contribution in [0, 0.1) is 0 Å². The van der Waals surface area contributed by atoms with Gasteiger partial charge in [-0.05, 0) is 36.8 Å². The molecule has 0 spiro atoms. The molecule has 29 heavy (non-hydrogen) atoms. The van der Waals surface area contributed by atoms with Crippen LogP contribution in [0.1, 0.15) is 48.1 Å². The van der Waals surface area contributed by atoms with E-state index in [1.165, 1.54) is 5.56 Å². The second kappa shape index (κ2) is 9.37. The van der Waals surface area contributed by atoms with Crippen LogP contribution in [0.25, 0.3) is 0 Å². The van der Waals surface area contributed by atoms with Crippen LogP contribution < -0.4 is 0 Å². The van der Waals surface area contributed by atoms with E-state index in [1.54, 1.807) is 4.90 Å². The Morgan fingerprint density at radius 2 is 1.76 bits per heavy atom. The number of hydrogen-bond acceptors (Lipinski definition) is 5. The number of carbonyl (C=O) groups excluding carboxylic acids is 1. The zero-order chi connectivity index (χ0) is 19.9. The summed E-state index contributed by atoms with van der Waals surface area (Å²) in [5.41, 5.74) is 2.27. The first kappa shape index (κ1) is 19.2. The fourth-order valence-corrected chi connectivity index (χ4v) is 3.64. The van der Waals surface area contributed by atoms with Crippen LogP contribution in [-0.2, 0) is 24.2 Å². The fraction of sp³-hybridized carbons (Fsp3) is 0.348. The van der Waals surface area contributed by atoms with Crippen molar-refractivity contribution < 1.29 is 14.1 Å². The first-order valence-electron chi connectivity index (χ1n) is 10.1. The Morgan fingerprint density at radius 3 is 2.52 bits per heavy atom. The first-order valence-corrected chi connectivity index (χ1v) is 10.1. The molecule has 1 fully saturated rings. The lowest BCUT2D eigenvalue weighted by Gasteiger charge is -2.21. The van der Waals surface area contributed by atoms with Gasteiger partial charge in [-0.25, -0.2) is 4.79 Å². The molecule has 0 bridgehead atoms. The van der Waals surface area contributed by atoms with E-state index in [0.29, 0.717) is 18.3 Å². The van der Waals surface area contributed by atoms with E-state index in [4.69, 9.17) is 9.26 Å². The molecule has 0 saturated carbocycles. The lowest BCUT2D eigenvalue weighted by molar-refractivity contribution is 0.0865. The van der Waals surface area contributed by atoms with E-state index in [9.17, 15) is 4.79 Å². The van der Waals surface area contributed by atoms with Gasteiger partial charge in [0.05, 0.1) is 0 Å². The molecular formula is C23H25N3O3. The summed E-state index contributed by atoms with van der Waals surface area (Å²) < 4.78 is 11.0. The van der Waals surface area contributed by atoms with Gasteiger partial charge >= 0.3 is 6.09 Å². The van der Waals surface area contributed by atoms with Gasteiger partial charge < -0.3 is 9.26 Å². The Labute approximate surface area is 170 Å². The molecule has 1 amide bonds. The van der Waals surface area contributed by atoms with Crippen molar-refractivity contribution >= 4 is 6.09 Å². The summed E-state index contributed by atoms with van der Waals surface area (Å²) in [5.74, 6) is 1.20. The van der Waals surface area contributed by atoms with Crippen molar-refractivity contribution in [3.63, 3.8) is 0 Å². The number of ether oxygens (including phenoxy) is 1. The molecule has 6 nitrogen and oxygen atoms in total. The van der Waals surface area contributed by atoms with Crippen LogP contribution in [0.2, 0.25) is 0 Å². The monoisotopic (exact) mass is 391 g/mol. The van der Waals surface area contributed by atoms with Crippen LogP contribution in [0.5, 0.6) is 0 Å². The Bertz CT molecular complexity index is 911. The van der Waals surface area contributed by atoms with E-state index in [0.717, 1.165) is 37.7 Å². The average Bonchev–Trinajstić information content (AvgIpc) is 3.43. The Balaban J connectivity index is 1.31. The zero-order valence-corrected chi connectivity index (χ0v) is 16.4. The lowest BCUT2D eigenvalue weighted by Crippen LogP contribution is -2.31. The Hall–Kier alpha value is -3.15. The number of carbonyl (C=O) groups is 1. The summed E-state index contributed by atoms with van der Waals surface area (Å²) in [4.78, 5) is 18.8. The molecule has 0 aliphatic carbocycles. The zero-order valence-electron chi connectivity index (χ0n) is 16.4. The average molecular weight is 391 g/mol. The van der Waals surface area contributed by atoms with Crippen LogP contribution in [0.15, 0.2) is 65.2 Å². The van der Waals surface area contributed by atoms with Gasteiger partial charge in [-0.2, -0.15) is 4.98 Å². The maximum Gasteiger partial charge on any atom is 0.410 e. The molecule has 2 heterocycles. The normalized spacial score (nSPS) is 16.1. The minimum Gasteiger partial charge on any atom is -0.445 e. The lowest BCUT2D eigenvalue weighted by atomic mass is 10.1. The van der Waals surface area contributed by atoms with Gasteiger partial charge in [0.15, 0.2) is 5.82 Å². The molecule has 1 unspecified atom stereocenters. The molecule has 0 N–H and O–H groups in total. The topological polar surface area (TPSA) is 68.5 Å². The van der Waals surface area contributed by atoms with E-state index in [1.807, 2.05) is 48.5 Å². The number of hydrogen-bond donors (Lipinski definition) is 0. The molecule has 6 heteroatoms. The highest BCUT2D eigenvalue weighted by molar-refractivity contribution is 5.68. The number of likely N-dealkylation sites (tertiary alicyclic amines) is 1. The molecule has 150 valence electrons. The number of benzene rings is 2. The smallest absolute Gasteiger partial charge is 0.410 e. The highest BCUT2D eigenvalue weighted by atomic mass is 16.6. The predicted octanol–water partition coefficient (Wildman–Crippen LogP) is 4.72. The quantitative estimate of drug-likeness (QED) is 0.583. The molecule has 1 aliphatic rings. The number of amides is 1. The molecule has 1 atom stereocenters. The second-order valence-corrected chi connectivity index (χ2v) is 7.28. The van der Waals surface area contributed by atoms with Crippen LogP contribution in [0.3, 0.4) is 0 Å². The molecule has 1 aromatic heterocycles. The highest BCUT2D eigenvalue weighted by Gasteiger charge is 2.35. The molecule has 3 aromatic rings. The van der Waals surface area contributed by atoms with E-state index in [-0.39, 0.29) is 18.7 Å². The first-order chi connectivity index (χ1) is 14.3. The van der Waals surface area contributed by atoms with Crippen LogP contribution >= 0.6 is 0 Å². The molecular weight excluding hydrogens is 366 g/mol. The summed E-state index contributed by atoms with van der Waals surface area (Å²) in [6.07, 6.45) is 4.06. The third-order valence-corrected chi connectivity index (χ3v) is 5.17. The summed E-state index contributed by atoms with van der Waals surface area (Å²) >= 11 is 0. The van der Waals surface area contributed by atoms with Gasteiger partial charge in [-0.15, -0.1) is 0 Å². The van der Waals surface area contributed by atoms with Crippen molar-refractivity contribution in [1.29, 1.82) is 0 Å². The summed E-state index contributed by atoms with van der Waals surface area (Å²) in [5, 5.41) is 4.11. The largest absolute Gasteiger partial charge is 0.445 e. The van der Waals surface area contributed by atoms with E-state index >= 15 is 0 Å². The fourth-order valence-electron chi connectivity index (χ4n) is 3.64. The van der Waals surface area contributed by atoms with Gasteiger partial charge in [0.2, 0.25) is 5.89 Å². The van der Waals surface area contributed by atoms with Crippen molar-refractivity contribution in [3.8, 4) is 0 Å². The van der Waals surface area contributed by atoms with Gasteiger partial charge in [0, 0.05) is 13.0 Å². The predicted molar refractivity (Wildman–Crippen MR) is 108 cm³/mol. The highest BCUT2D eigenvalue weighted by Crippen LogP contribution is 2.31. The van der Waals surface area contributed by atoms with Crippen LogP contribution in [0.4, 0.5) is 4.79 Å². The number of rotatable bonds is 7. The molecule has 1 aliphatic heterocycles. The Morgan fingerprint density at radius 1 is 1.03 bits per heavy atom. The number of aryl methyl sites for hydroxylation is 2. The second-order valence-electron chi connectivity index (χ2n) is 7.28. The molecule has 4 rings (SSSR count). The maximum atomic E-state index is 12.6. The summed E-state index contributed by atoms with van der Waals surface area (Å²) in [7, 11) is 0. The van der Waals surface area contributed by atoms with Gasteiger partial charge in [-0.1, -0.05) is 65.8 Å². The molecule has 1 saturated heterocycles. The molecule has 2 aromatic carbocycles. The summed E-state index contributed by atoms with van der Waals surface area (Å²) in [6.45, 7) is 0.904.